The monoisotopic (exact) mass is 442 g/mol. The SMILES string of the molecule is Cc1ccc(-n2c(-c3ccccc3Br)nc3cc(Cl)ccc3c2=O)cc1F. The van der Waals surface area contributed by atoms with Crippen molar-refractivity contribution in [3.8, 4) is 17.1 Å². The third kappa shape index (κ3) is 3.17. The molecule has 0 saturated carbocycles. The Kier molecular flexibility index (Phi) is 4.58. The number of nitrogens with zero attached hydrogens (tertiary/aromatic N) is 2. The summed E-state index contributed by atoms with van der Waals surface area (Å²) in [4.78, 5) is 18.0. The normalized spacial score (nSPS) is 11.1. The first-order valence-electron chi connectivity index (χ1n) is 8.19. The van der Waals surface area contributed by atoms with Crippen molar-refractivity contribution in [2.45, 2.75) is 6.92 Å². The molecule has 0 aliphatic carbocycles. The lowest BCUT2D eigenvalue weighted by Crippen LogP contribution is -2.22. The van der Waals surface area contributed by atoms with E-state index in [1.807, 2.05) is 24.3 Å². The molecule has 0 atom stereocenters. The number of hydrogen-bond acceptors (Lipinski definition) is 2. The maximum Gasteiger partial charge on any atom is 0.266 e. The summed E-state index contributed by atoms with van der Waals surface area (Å²) in [7, 11) is 0. The van der Waals surface area contributed by atoms with Crippen LogP contribution in [0.1, 0.15) is 5.56 Å². The molecule has 4 rings (SSSR count). The zero-order valence-electron chi connectivity index (χ0n) is 14.2. The lowest BCUT2D eigenvalue weighted by atomic mass is 10.1. The molecular weight excluding hydrogens is 431 g/mol. The van der Waals surface area contributed by atoms with Gasteiger partial charge in [0.25, 0.3) is 5.56 Å². The Morgan fingerprint density at radius 3 is 2.59 bits per heavy atom. The number of aryl methyl sites for hydroxylation is 1. The Morgan fingerprint density at radius 1 is 1.07 bits per heavy atom. The zero-order valence-corrected chi connectivity index (χ0v) is 16.6. The van der Waals surface area contributed by atoms with Crippen LogP contribution in [-0.4, -0.2) is 9.55 Å². The van der Waals surface area contributed by atoms with Crippen molar-refractivity contribution >= 4 is 38.4 Å². The van der Waals surface area contributed by atoms with Gasteiger partial charge in [-0.05, 0) is 48.9 Å². The maximum atomic E-state index is 14.2. The fraction of sp³-hybridized carbons (Fsp3) is 0.0476. The highest BCUT2D eigenvalue weighted by Gasteiger charge is 2.17. The summed E-state index contributed by atoms with van der Waals surface area (Å²) in [6.07, 6.45) is 0. The van der Waals surface area contributed by atoms with Crippen LogP contribution in [-0.2, 0) is 0 Å². The summed E-state index contributed by atoms with van der Waals surface area (Å²) < 4.78 is 16.4. The van der Waals surface area contributed by atoms with Crippen molar-refractivity contribution in [1.82, 2.24) is 9.55 Å². The molecule has 0 spiro atoms. The van der Waals surface area contributed by atoms with E-state index in [9.17, 15) is 9.18 Å². The Bertz CT molecular complexity index is 1250. The molecule has 0 N–H and O–H groups in total. The number of halogens is 3. The van der Waals surface area contributed by atoms with Crippen molar-refractivity contribution in [1.29, 1.82) is 0 Å². The third-order valence-electron chi connectivity index (χ3n) is 4.36. The van der Waals surface area contributed by atoms with Crippen LogP contribution in [0.2, 0.25) is 5.02 Å². The van der Waals surface area contributed by atoms with Gasteiger partial charge in [0.05, 0.1) is 16.6 Å². The molecule has 0 amide bonds. The summed E-state index contributed by atoms with van der Waals surface area (Å²) in [5.74, 6) is 0.0270. The molecule has 0 aliphatic rings. The van der Waals surface area contributed by atoms with Crippen LogP contribution in [0.15, 0.2) is 69.9 Å². The van der Waals surface area contributed by atoms with Gasteiger partial charge in [-0.25, -0.2) is 9.37 Å². The Hall–Kier alpha value is -2.50. The minimum absolute atomic E-state index is 0.286. The average molecular weight is 444 g/mol. The van der Waals surface area contributed by atoms with Gasteiger partial charge < -0.3 is 0 Å². The molecule has 0 bridgehead atoms. The summed E-state index contributed by atoms with van der Waals surface area (Å²) in [6.45, 7) is 1.68. The van der Waals surface area contributed by atoms with Gasteiger partial charge in [0.1, 0.15) is 11.6 Å². The van der Waals surface area contributed by atoms with Gasteiger partial charge in [0.2, 0.25) is 0 Å². The number of hydrogen-bond donors (Lipinski definition) is 0. The molecule has 0 fully saturated rings. The third-order valence-corrected chi connectivity index (χ3v) is 5.29. The second-order valence-corrected chi connectivity index (χ2v) is 7.44. The van der Waals surface area contributed by atoms with E-state index in [4.69, 9.17) is 11.6 Å². The van der Waals surface area contributed by atoms with E-state index in [0.717, 1.165) is 10.0 Å². The molecule has 3 aromatic carbocycles. The molecule has 3 nitrogen and oxygen atoms in total. The van der Waals surface area contributed by atoms with Crippen LogP contribution in [0.4, 0.5) is 4.39 Å². The molecule has 0 aliphatic heterocycles. The van der Waals surface area contributed by atoms with Crippen molar-refractivity contribution in [2.75, 3.05) is 0 Å². The fourth-order valence-corrected chi connectivity index (χ4v) is 3.57. The van der Waals surface area contributed by atoms with Crippen LogP contribution in [0.3, 0.4) is 0 Å². The van der Waals surface area contributed by atoms with E-state index in [2.05, 4.69) is 20.9 Å². The van der Waals surface area contributed by atoms with Crippen LogP contribution in [0.25, 0.3) is 28.0 Å². The minimum atomic E-state index is -0.381. The minimum Gasteiger partial charge on any atom is -0.268 e. The molecule has 27 heavy (non-hydrogen) atoms. The van der Waals surface area contributed by atoms with E-state index < -0.39 is 0 Å². The largest absolute Gasteiger partial charge is 0.268 e. The highest BCUT2D eigenvalue weighted by Crippen LogP contribution is 2.29. The topological polar surface area (TPSA) is 34.9 Å². The van der Waals surface area contributed by atoms with Gasteiger partial charge in [0.15, 0.2) is 0 Å². The molecule has 0 saturated heterocycles. The molecule has 0 radical (unpaired) electrons. The number of rotatable bonds is 2. The van der Waals surface area contributed by atoms with Crippen LogP contribution in [0.5, 0.6) is 0 Å². The molecule has 1 heterocycles. The Labute approximate surface area is 168 Å². The average Bonchev–Trinajstić information content (AvgIpc) is 2.64. The van der Waals surface area contributed by atoms with Gasteiger partial charge in [-0.3, -0.25) is 9.36 Å². The summed E-state index contributed by atoms with van der Waals surface area (Å²) >= 11 is 9.60. The van der Waals surface area contributed by atoms with Gasteiger partial charge in [0, 0.05) is 15.1 Å². The lowest BCUT2D eigenvalue weighted by Gasteiger charge is -2.15. The highest BCUT2D eigenvalue weighted by atomic mass is 79.9. The summed E-state index contributed by atoms with van der Waals surface area (Å²) in [5, 5.41) is 0.905. The van der Waals surface area contributed by atoms with E-state index in [1.54, 1.807) is 37.3 Å². The molecular formula is C21H13BrClFN2O. The Morgan fingerprint density at radius 2 is 1.85 bits per heavy atom. The van der Waals surface area contributed by atoms with E-state index in [1.165, 1.54) is 10.6 Å². The standard InChI is InChI=1S/C21H13BrClFN2O/c1-12-6-8-14(11-18(12)24)26-20(15-4-2-3-5-17(15)22)25-19-10-13(23)7-9-16(19)21(26)27/h2-11H,1H3. The predicted octanol–water partition coefficient (Wildman–Crippen LogP) is 5.92. The summed E-state index contributed by atoms with van der Waals surface area (Å²) in [5.41, 5.74) is 1.85. The second-order valence-electron chi connectivity index (χ2n) is 6.15. The van der Waals surface area contributed by atoms with Crippen molar-refractivity contribution < 1.29 is 4.39 Å². The first kappa shape index (κ1) is 17.9. The van der Waals surface area contributed by atoms with Crippen LogP contribution < -0.4 is 5.56 Å². The first-order chi connectivity index (χ1) is 13.0. The number of fused-ring (bicyclic) bond motifs is 1. The van der Waals surface area contributed by atoms with Gasteiger partial charge in [-0.15, -0.1) is 0 Å². The molecule has 0 unspecified atom stereocenters. The smallest absolute Gasteiger partial charge is 0.266 e. The first-order valence-corrected chi connectivity index (χ1v) is 9.36. The Balaban J connectivity index is 2.15. The van der Waals surface area contributed by atoms with Gasteiger partial charge >= 0.3 is 0 Å². The lowest BCUT2D eigenvalue weighted by molar-refractivity contribution is 0.617. The summed E-state index contributed by atoms with van der Waals surface area (Å²) in [6, 6.07) is 17.1. The zero-order chi connectivity index (χ0) is 19.1. The van der Waals surface area contributed by atoms with Crippen molar-refractivity contribution in [3.63, 3.8) is 0 Å². The second kappa shape index (κ2) is 6.91. The van der Waals surface area contributed by atoms with Gasteiger partial charge in [-0.1, -0.05) is 51.8 Å². The fourth-order valence-electron chi connectivity index (χ4n) is 2.94. The number of benzene rings is 3. The highest BCUT2D eigenvalue weighted by molar-refractivity contribution is 9.10. The maximum absolute atomic E-state index is 14.2. The molecule has 6 heteroatoms. The van der Waals surface area contributed by atoms with Crippen molar-refractivity contribution in [3.05, 3.63) is 91.9 Å². The molecule has 134 valence electrons. The van der Waals surface area contributed by atoms with Crippen molar-refractivity contribution in [2.24, 2.45) is 0 Å². The van der Waals surface area contributed by atoms with E-state index in [-0.39, 0.29) is 11.4 Å². The van der Waals surface area contributed by atoms with Crippen LogP contribution in [0, 0.1) is 12.7 Å². The number of aromatic nitrogens is 2. The van der Waals surface area contributed by atoms with Crippen LogP contribution >= 0.6 is 27.5 Å². The van der Waals surface area contributed by atoms with Gasteiger partial charge in [-0.2, -0.15) is 0 Å². The van der Waals surface area contributed by atoms with E-state index >= 15 is 0 Å². The van der Waals surface area contributed by atoms with E-state index in [0.29, 0.717) is 33.0 Å². The molecule has 4 aromatic rings. The predicted molar refractivity (Wildman–Crippen MR) is 110 cm³/mol. The quantitative estimate of drug-likeness (QED) is 0.386. The molecule has 1 aromatic heterocycles.